The van der Waals surface area contributed by atoms with Crippen molar-refractivity contribution in [3.8, 4) is 0 Å². The van der Waals surface area contributed by atoms with Crippen LogP contribution in [0, 0.1) is 5.82 Å². The van der Waals surface area contributed by atoms with Crippen LogP contribution in [-0.4, -0.2) is 47.5 Å². The predicted octanol–water partition coefficient (Wildman–Crippen LogP) is 4.26. The molecule has 0 saturated carbocycles. The maximum absolute atomic E-state index is 13.5. The number of halogens is 2. The van der Waals surface area contributed by atoms with Crippen LogP contribution in [-0.2, 0) is 11.2 Å². The number of hydrogen-bond acceptors (Lipinski definition) is 5. The molecule has 1 unspecified atom stereocenters. The summed E-state index contributed by atoms with van der Waals surface area (Å²) in [7, 11) is 0. The molecule has 3 N–H and O–H groups in total. The lowest BCUT2D eigenvalue weighted by Crippen LogP contribution is -2.50. The summed E-state index contributed by atoms with van der Waals surface area (Å²) in [6.07, 6.45) is 8.84. The zero-order chi connectivity index (χ0) is 22.1. The van der Waals surface area contributed by atoms with Crippen LogP contribution >= 0.6 is 11.6 Å². The fourth-order valence-electron chi connectivity index (χ4n) is 4.80. The van der Waals surface area contributed by atoms with E-state index in [1.54, 1.807) is 18.3 Å². The lowest BCUT2D eigenvalue weighted by atomic mass is 9.96. The number of fused-ring (bicyclic) bond motifs is 1. The monoisotopic (exact) mass is 455 g/mol. The Morgan fingerprint density at radius 1 is 1.28 bits per heavy atom. The van der Waals surface area contributed by atoms with E-state index in [0.29, 0.717) is 6.54 Å². The quantitative estimate of drug-likeness (QED) is 0.601. The number of nitrogens with zero attached hydrogens (tertiary/aromatic N) is 2. The van der Waals surface area contributed by atoms with Gasteiger partial charge in [0, 0.05) is 42.6 Å². The van der Waals surface area contributed by atoms with Gasteiger partial charge in [0.2, 0.25) is 5.91 Å². The molecule has 0 spiro atoms. The van der Waals surface area contributed by atoms with Crippen molar-refractivity contribution in [2.75, 3.05) is 30.3 Å². The number of nitrogens with one attached hydrogen (secondary N) is 3. The topological polar surface area (TPSA) is 69.3 Å². The van der Waals surface area contributed by atoms with E-state index in [1.807, 2.05) is 11.0 Å². The summed E-state index contributed by atoms with van der Waals surface area (Å²) in [6, 6.07) is 6.68. The number of hydrogen-bond donors (Lipinski definition) is 3. The molecule has 6 nitrogen and oxygen atoms in total. The molecular weight excluding hydrogens is 429 g/mol. The van der Waals surface area contributed by atoms with Gasteiger partial charge in [-0.05, 0) is 55.6 Å². The summed E-state index contributed by atoms with van der Waals surface area (Å²) in [5, 5.41) is 10.3. The predicted molar refractivity (Wildman–Crippen MR) is 125 cm³/mol. The van der Waals surface area contributed by atoms with Gasteiger partial charge in [0.15, 0.2) is 0 Å². The number of aromatic nitrogens is 1. The van der Waals surface area contributed by atoms with Crippen LogP contribution in [0.15, 0.2) is 42.1 Å². The van der Waals surface area contributed by atoms with E-state index in [0.717, 1.165) is 67.9 Å². The lowest BCUT2D eigenvalue weighted by Gasteiger charge is -2.33. The molecule has 1 aromatic carbocycles. The van der Waals surface area contributed by atoms with Crippen molar-refractivity contribution in [2.24, 2.45) is 0 Å². The van der Waals surface area contributed by atoms with Crippen LogP contribution in [0.4, 0.5) is 21.6 Å². The van der Waals surface area contributed by atoms with E-state index in [1.165, 1.54) is 11.6 Å². The van der Waals surface area contributed by atoms with Crippen molar-refractivity contribution < 1.29 is 9.18 Å². The van der Waals surface area contributed by atoms with Crippen molar-refractivity contribution in [3.05, 3.63) is 58.5 Å². The third kappa shape index (κ3) is 4.32. The molecule has 8 heteroatoms. The normalized spacial score (nSPS) is 22.7. The SMILES string of the molecule is O=C([C@H]1CCCCN1)N1CC=C(C2Cc3c(Nc4ccc(F)c(Cl)c4)ccnc3N2)CC1. The average Bonchev–Trinajstić information content (AvgIpc) is 3.27. The Labute approximate surface area is 192 Å². The van der Waals surface area contributed by atoms with Crippen molar-refractivity contribution >= 4 is 34.7 Å². The van der Waals surface area contributed by atoms with Crippen molar-refractivity contribution in [1.82, 2.24) is 15.2 Å². The molecule has 0 bridgehead atoms. The van der Waals surface area contributed by atoms with Gasteiger partial charge in [0.05, 0.1) is 17.1 Å². The van der Waals surface area contributed by atoms with Crippen molar-refractivity contribution in [1.29, 1.82) is 0 Å². The lowest BCUT2D eigenvalue weighted by molar-refractivity contribution is -0.133. The smallest absolute Gasteiger partial charge is 0.239 e. The zero-order valence-corrected chi connectivity index (χ0v) is 18.6. The van der Waals surface area contributed by atoms with Gasteiger partial charge >= 0.3 is 0 Å². The molecule has 2 aromatic rings. The molecule has 1 fully saturated rings. The Hall–Kier alpha value is -2.64. The molecule has 32 heavy (non-hydrogen) atoms. The summed E-state index contributed by atoms with van der Waals surface area (Å²) < 4.78 is 13.5. The second kappa shape index (κ2) is 9.08. The van der Waals surface area contributed by atoms with Gasteiger partial charge in [-0.1, -0.05) is 24.1 Å². The molecule has 4 heterocycles. The summed E-state index contributed by atoms with van der Waals surface area (Å²) in [6.45, 7) is 2.35. The third-order valence-corrected chi connectivity index (χ3v) is 6.88. The van der Waals surface area contributed by atoms with Crippen LogP contribution in [0.5, 0.6) is 0 Å². The summed E-state index contributed by atoms with van der Waals surface area (Å²) in [5.74, 6) is 0.655. The number of anilines is 3. The molecule has 0 aliphatic carbocycles. The van der Waals surface area contributed by atoms with E-state index in [2.05, 4.69) is 27.0 Å². The minimum Gasteiger partial charge on any atom is -0.363 e. The summed E-state index contributed by atoms with van der Waals surface area (Å²) in [5.41, 5.74) is 4.09. The van der Waals surface area contributed by atoms with Gasteiger partial charge < -0.3 is 20.9 Å². The first-order valence-electron chi connectivity index (χ1n) is 11.3. The molecule has 1 aromatic heterocycles. The van der Waals surface area contributed by atoms with E-state index < -0.39 is 5.82 Å². The van der Waals surface area contributed by atoms with Gasteiger partial charge in [-0.3, -0.25) is 4.79 Å². The van der Waals surface area contributed by atoms with Crippen LogP contribution < -0.4 is 16.0 Å². The number of piperidine rings is 1. The molecule has 5 rings (SSSR count). The number of pyridine rings is 1. The molecule has 168 valence electrons. The van der Waals surface area contributed by atoms with Crippen LogP contribution in [0.2, 0.25) is 5.02 Å². The molecule has 3 aliphatic rings. The maximum Gasteiger partial charge on any atom is 0.239 e. The minimum absolute atomic E-state index is 0.0228. The second-order valence-electron chi connectivity index (χ2n) is 8.66. The molecule has 1 saturated heterocycles. The number of rotatable bonds is 4. The van der Waals surface area contributed by atoms with Gasteiger partial charge in [-0.15, -0.1) is 0 Å². The Kier molecular flexibility index (Phi) is 6.02. The third-order valence-electron chi connectivity index (χ3n) is 6.59. The molecule has 2 atom stereocenters. The second-order valence-corrected chi connectivity index (χ2v) is 9.06. The highest BCUT2D eigenvalue weighted by Crippen LogP contribution is 2.35. The van der Waals surface area contributed by atoms with Crippen molar-refractivity contribution in [2.45, 2.75) is 44.2 Å². The fourth-order valence-corrected chi connectivity index (χ4v) is 4.98. The Morgan fingerprint density at radius 3 is 2.94 bits per heavy atom. The average molecular weight is 456 g/mol. The van der Waals surface area contributed by atoms with E-state index in [4.69, 9.17) is 11.6 Å². The van der Waals surface area contributed by atoms with Gasteiger partial charge in [0.25, 0.3) is 0 Å². The number of carbonyl (C=O) groups excluding carboxylic acids is 1. The summed E-state index contributed by atoms with van der Waals surface area (Å²) in [4.78, 5) is 19.3. The zero-order valence-electron chi connectivity index (χ0n) is 17.8. The van der Waals surface area contributed by atoms with E-state index in [9.17, 15) is 9.18 Å². The molecule has 3 aliphatic heterocycles. The highest BCUT2D eigenvalue weighted by atomic mass is 35.5. The van der Waals surface area contributed by atoms with E-state index in [-0.39, 0.29) is 23.0 Å². The first-order valence-corrected chi connectivity index (χ1v) is 11.6. The van der Waals surface area contributed by atoms with Crippen molar-refractivity contribution in [3.63, 3.8) is 0 Å². The highest BCUT2D eigenvalue weighted by Gasteiger charge is 2.31. The highest BCUT2D eigenvalue weighted by molar-refractivity contribution is 6.31. The van der Waals surface area contributed by atoms with Crippen LogP contribution in [0.1, 0.15) is 31.2 Å². The first-order chi connectivity index (χ1) is 15.6. The number of benzene rings is 1. The molecule has 1 amide bonds. The van der Waals surface area contributed by atoms with Gasteiger partial charge in [-0.25, -0.2) is 9.37 Å². The number of carbonyl (C=O) groups is 1. The largest absolute Gasteiger partial charge is 0.363 e. The maximum atomic E-state index is 13.5. The van der Waals surface area contributed by atoms with Crippen LogP contribution in [0.25, 0.3) is 0 Å². The standard InChI is InChI=1S/C24H27ClFN5O/c25-18-13-16(4-5-19(18)26)29-20-6-10-28-23-17(20)14-22(30-23)15-7-11-31(12-8-15)24(32)21-3-1-2-9-27-21/h4-7,10,13,21-22,27H,1-3,8-9,11-12,14H2,(H2,28,29,30)/t21-,22?/m1/s1. The van der Waals surface area contributed by atoms with Gasteiger partial charge in [-0.2, -0.15) is 0 Å². The summed E-state index contributed by atoms with van der Waals surface area (Å²) >= 11 is 5.93. The van der Waals surface area contributed by atoms with E-state index >= 15 is 0 Å². The Bertz CT molecular complexity index is 1050. The number of amides is 1. The Morgan fingerprint density at radius 2 is 2.19 bits per heavy atom. The molecular formula is C24H27ClFN5O. The first kappa shape index (κ1) is 21.2. The van der Waals surface area contributed by atoms with Crippen LogP contribution in [0.3, 0.4) is 0 Å². The Balaban J connectivity index is 1.25. The fraction of sp³-hybridized carbons (Fsp3) is 0.417. The minimum atomic E-state index is -0.435. The van der Waals surface area contributed by atoms with Gasteiger partial charge in [0.1, 0.15) is 11.6 Å². The molecule has 0 radical (unpaired) electrons.